The summed E-state index contributed by atoms with van der Waals surface area (Å²) in [6.45, 7) is 1.36. The van der Waals surface area contributed by atoms with Crippen LogP contribution >= 0.6 is 0 Å². The average Bonchev–Trinajstić information content (AvgIpc) is 2.80. The fourth-order valence-electron chi connectivity index (χ4n) is 4.44. The van der Waals surface area contributed by atoms with Crippen molar-refractivity contribution in [3.63, 3.8) is 0 Å². The lowest BCUT2D eigenvalue weighted by atomic mass is 9.68. The fraction of sp³-hybridized carbons (Fsp3) is 0.455. The van der Waals surface area contributed by atoms with Crippen molar-refractivity contribution in [2.24, 2.45) is 11.5 Å². The number of aromatic nitrogens is 2. The highest BCUT2D eigenvalue weighted by atomic mass is 19.4. The van der Waals surface area contributed by atoms with Crippen molar-refractivity contribution in [2.75, 3.05) is 0 Å². The quantitative estimate of drug-likeness (QED) is 0.360. The molecule has 37 heavy (non-hydrogen) atoms. The lowest BCUT2D eigenvalue weighted by Crippen LogP contribution is -2.65. The first-order valence-corrected chi connectivity index (χ1v) is 10.7. The minimum absolute atomic E-state index is 0.154. The predicted molar refractivity (Wildman–Crippen MR) is 115 cm³/mol. The number of aliphatic hydroxyl groups is 2. The molecule has 202 valence electrons. The summed E-state index contributed by atoms with van der Waals surface area (Å²) >= 11 is 0. The third-order valence-electron chi connectivity index (χ3n) is 6.60. The summed E-state index contributed by atoms with van der Waals surface area (Å²) in [5.41, 5.74) is 1.62. The number of carbonyl (C=O) groups is 2. The topological polar surface area (TPSA) is 164 Å². The van der Waals surface area contributed by atoms with E-state index in [0.29, 0.717) is 6.07 Å². The number of nitrogens with two attached hydrogens (primary N) is 2. The standard InChI is InChI=1S/C22H23F6N5O4/c1-10-2-3-11(20(37,18(30)35)22(26,27)28)6-12(10)13-8-19(36,21(23,24)25)16(29)7-14(13)33-17(34)15-9-31-4-5-32-15/h2-6,9,13-14,16,36-37H,7-8,29H2,1H3,(H2,30,35)(H,33,34)/t13-,14-,16-,19-,20-/m1/s1. The number of rotatable bonds is 5. The number of hydrogen-bond acceptors (Lipinski definition) is 7. The maximum absolute atomic E-state index is 13.9. The summed E-state index contributed by atoms with van der Waals surface area (Å²) in [4.78, 5) is 31.9. The second-order valence-electron chi connectivity index (χ2n) is 8.89. The van der Waals surface area contributed by atoms with Crippen LogP contribution in [0.25, 0.3) is 0 Å². The molecule has 0 unspecified atom stereocenters. The Balaban J connectivity index is 2.15. The molecule has 1 aliphatic carbocycles. The Labute approximate surface area is 205 Å². The first-order chi connectivity index (χ1) is 16.9. The van der Waals surface area contributed by atoms with Gasteiger partial charge in [0.05, 0.1) is 6.20 Å². The van der Waals surface area contributed by atoms with Gasteiger partial charge in [0.25, 0.3) is 17.4 Å². The number of primary amides is 1. The van der Waals surface area contributed by atoms with Crippen LogP contribution in [0.2, 0.25) is 0 Å². The minimum atomic E-state index is -5.56. The van der Waals surface area contributed by atoms with Gasteiger partial charge in [0.15, 0.2) is 5.60 Å². The van der Waals surface area contributed by atoms with E-state index in [1.165, 1.54) is 19.3 Å². The predicted octanol–water partition coefficient (Wildman–Crippen LogP) is 1.32. The maximum Gasteiger partial charge on any atom is 0.430 e. The Morgan fingerprint density at radius 2 is 1.81 bits per heavy atom. The molecule has 15 heteroatoms. The molecule has 1 aromatic heterocycles. The molecule has 2 amide bonds. The van der Waals surface area contributed by atoms with Crippen LogP contribution < -0.4 is 16.8 Å². The summed E-state index contributed by atoms with van der Waals surface area (Å²) in [7, 11) is 0. The average molecular weight is 535 g/mol. The first kappa shape index (κ1) is 28.3. The number of benzene rings is 1. The summed E-state index contributed by atoms with van der Waals surface area (Å²) in [5, 5.41) is 23.2. The molecule has 9 nitrogen and oxygen atoms in total. The Morgan fingerprint density at radius 3 is 2.32 bits per heavy atom. The molecule has 1 saturated carbocycles. The highest BCUT2D eigenvalue weighted by Gasteiger charge is 2.63. The van der Waals surface area contributed by atoms with Gasteiger partial charge < -0.3 is 27.0 Å². The van der Waals surface area contributed by atoms with Crippen molar-refractivity contribution in [3.05, 3.63) is 59.2 Å². The zero-order valence-electron chi connectivity index (χ0n) is 19.1. The summed E-state index contributed by atoms with van der Waals surface area (Å²) < 4.78 is 82.6. The van der Waals surface area contributed by atoms with Crippen molar-refractivity contribution in [3.8, 4) is 0 Å². The third kappa shape index (κ3) is 4.98. The molecular weight excluding hydrogens is 512 g/mol. The smallest absolute Gasteiger partial charge is 0.379 e. The van der Waals surface area contributed by atoms with Crippen LogP contribution in [-0.4, -0.2) is 62.0 Å². The maximum atomic E-state index is 13.9. The van der Waals surface area contributed by atoms with Gasteiger partial charge in [-0.2, -0.15) is 26.3 Å². The van der Waals surface area contributed by atoms with E-state index < -0.39 is 71.8 Å². The molecule has 0 saturated heterocycles. The largest absolute Gasteiger partial charge is 0.430 e. The Hall–Kier alpha value is -3.30. The number of nitrogens with zero attached hydrogens (tertiary/aromatic N) is 2. The zero-order chi connectivity index (χ0) is 28.0. The lowest BCUT2D eigenvalue weighted by molar-refractivity contribution is -0.278. The van der Waals surface area contributed by atoms with E-state index in [9.17, 15) is 46.1 Å². The van der Waals surface area contributed by atoms with Crippen LogP contribution in [0.5, 0.6) is 0 Å². The number of nitrogens with one attached hydrogen (secondary N) is 1. The number of alkyl halides is 6. The van der Waals surface area contributed by atoms with Crippen molar-refractivity contribution in [2.45, 2.75) is 61.3 Å². The van der Waals surface area contributed by atoms with E-state index in [2.05, 4.69) is 15.3 Å². The van der Waals surface area contributed by atoms with E-state index in [0.717, 1.165) is 18.3 Å². The summed E-state index contributed by atoms with van der Waals surface area (Å²) in [6, 6.07) is -0.638. The Morgan fingerprint density at radius 1 is 1.16 bits per heavy atom. The van der Waals surface area contributed by atoms with Gasteiger partial charge in [0.1, 0.15) is 5.69 Å². The lowest BCUT2D eigenvalue weighted by Gasteiger charge is -2.47. The third-order valence-corrected chi connectivity index (χ3v) is 6.60. The number of amides is 2. The van der Waals surface area contributed by atoms with E-state index in [-0.39, 0.29) is 16.8 Å². The molecule has 0 aliphatic heterocycles. The molecule has 0 spiro atoms. The zero-order valence-corrected chi connectivity index (χ0v) is 19.1. The molecule has 7 N–H and O–H groups in total. The SMILES string of the molecule is Cc1ccc([C@@](O)(C(N)=O)C(F)(F)F)cc1[C@H]1C[C@](O)(C(F)(F)F)[C@H](N)C[C@H]1NC(=O)c1cnccn1. The van der Waals surface area contributed by atoms with E-state index in [1.54, 1.807) is 0 Å². The molecule has 1 aliphatic rings. The molecule has 2 aromatic rings. The molecule has 1 aromatic carbocycles. The van der Waals surface area contributed by atoms with Crippen LogP contribution in [0.1, 0.15) is 45.9 Å². The molecule has 1 fully saturated rings. The van der Waals surface area contributed by atoms with Gasteiger partial charge in [-0.05, 0) is 30.9 Å². The van der Waals surface area contributed by atoms with Gasteiger partial charge in [-0.15, -0.1) is 0 Å². The molecule has 5 atom stereocenters. The molecule has 0 radical (unpaired) electrons. The second-order valence-corrected chi connectivity index (χ2v) is 8.89. The first-order valence-electron chi connectivity index (χ1n) is 10.7. The number of aryl methyl sites for hydroxylation is 1. The van der Waals surface area contributed by atoms with Crippen molar-refractivity contribution >= 4 is 11.8 Å². The monoisotopic (exact) mass is 535 g/mol. The van der Waals surface area contributed by atoms with Crippen molar-refractivity contribution in [1.29, 1.82) is 0 Å². The Bertz CT molecular complexity index is 1180. The number of carbonyl (C=O) groups excluding carboxylic acids is 2. The van der Waals surface area contributed by atoms with Gasteiger partial charge in [0.2, 0.25) is 0 Å². The van der Waals surface area contributed by atoms with Gasteiger partial charge in [-0.1, -0.05) is 18.2 Å². The summed E-state index contributed by atoms with van der Waals surface area (Å²) in [6.07, 6.45) is -9.01. The molecular formula is C22H23F6N5O4. The van der Waals surface area contributed by atoms with Crippen molar-refractivity contribution < 1.29 is 46.1 Å². The van der Waals surface area contributed by atoms with E-state index >= 15 is 0 Å². The van der Waals surface area contributed by atoms with Gasteiger partial charge in [-0.3, -0.25) is 14.6 Å². The highest BCUT2D eigenvalue weighted by Crippen LogP contribution is 2.48. The minimum Gasteiger partial charge on any atom is -0.379 e. The van der Waals surface area contributed by atoms with E-state index in [4.69, 9.17) is 11.5 Å². The van der Waals surface area contributed by atoms with Crippen LogP contribution in [0.15, 0.2) is 36.8 Å². The van der Waals surface area contributed by atoms with E-state index in [1.807, 2.05) is 0 Å². The van der Waals surface area contributed by atoms with Gasteiger partial charge in [-0.25, -0.2) is 4.98 Å². The molecule has 0 bridgehead atoms. The van der Waals surface area contributed by atoms with Crippen LogP contribution in [0.4, 0.5) is 26.3 Å². The number of hydrogen-bond donors (Lipinski definition) is 5. The molecule has 3 rings (SSSR count). The normalized spacial score (nSPS) is 26.3. The summed E-state index contributed by atoms with van der Waals surface area (Å²) in [5.74, 6) is -4.47. The Kier molecular flexibility index (Phi) is 7.29. The second kappa shape index (κ2) is 9.54. The fourth-order valence-corrected chi connectivity index (χ4v) is 4.44. The molecule has 1 heterocycles. The highest BCUT2D eigenvalue weighted by molar-refractivity contribution is 5.92. The van der Waals surface area contributed by atoms with Crippen LogP contribution in [0, 0.1) is 6.92 Å². The number of halogens is 6. The van der Waals surface area contributed by atoms with Crippen LogP contribution in [-0.2, 0) is 10.4 Å². The van der Waals surface area contributed by atoms with Gasteiger partial charge in [0, 0.05) is 36.0 Å². The van der Waals surface area contributed by atoms with Crippen molar-refractivity contribution in [1.82, 2.24) is 15.3 Å². The van der Waals surface area contributed by atoms with Gasteiger partial charge >= 0.3 is 12.4 Å². The van der Waals surface area contributed by atoms with Crippen LogP contribution in [0.3, 0.4) is 0 Å².